The Morgan fingerprint density at radius 3 is 1.87 bits per heavy atom. The normalized spacial score (nSPS) is 16.7. The van der Waals surface area contributed by atoms with Gasteiger partial charge in [0.2, 0.25) is 0 Å². The summed E-state index contributed by atoms with van der Waals surface area (Å²) >= 11 is 8.49. The van der Waals surface area contributed by atoms with Crippen LogP contribution in [0.25, 0.3) is 0 Å². The third-order valence-electron chi connectivity index (χ3n) is 2.61. The Kier molecular flexibility index (Phi) is 6.26. The molecule has 0 heterocycles. The van der Waals surface area contributed by atoms with Crippen LogP contribution in [0.15, 0.2) is 29.2 Å². The maximum absolute atomic E-state index is 4.36. The van der Waals surface area contributed by atoms with Gasteiger partial charge in [-0.05, 0) is 31.9 Å². The van der Waals surface area contributed by atoms with Crippen LogP contribution in [0.5, 0.6) is 0 Å². The third kappa shape index (κ3) is 6.16. The number of aryl methyl sites for hydroxylation is 1. The second-order valence-corrected chi connectivity index (χ2v) is 5.37. The molecule has 15 heavy (non-hydrogen) atoms. The van der Waals surface area contributed by atoms with Crippen molar-refractivity contribution >= 4 is 25.3 Å². The number of benzene rings is 1. The lowest BCUT2D eigenvalue weighted by Gasteiger charge is -2.14. The average molecular weight is 240 g/mol. The van der Waals surface area contributed by atoms with E-state index in [4.69, 9.17) is 0 Å². The smallest absolute Gasteiger partial charge is 0.00401 e. The molecule has 0 N–H and O–H groups in total. The summed E-state index contributed by atoms with van der Waals surface area (Å²) in [5, 5.41) is 0.730. The SMILES string of the molecule is Cc1ccc(S)cc1.SC1CCCCC1. The van der Waals surface area contributed by atoms with Crippen molar-refractivity contribution in [1.29, 1.82) is 0 Å². The van der Waals surface area contributed by atoms with Crippen LogP contribution in [0.3, 0.4) is 0 Å². The van der Waals surface area contributed by atoms with Gasteiger partial charge in [0.1, 0.15) is 0 Å². The zero-order chi connectivity index (χ0) is 11.1. The fourth-order valence-electron chi connectivity index (χ4n) is 1.63. The molecule has 84 valence electrons. The van der Waals surface area contributed by atoms with Crippen molar-refractivity contribution in [2.24, 2.45) is 0 Å². The highest BCUT2D eigenvalue weighted by atomic mass is 32.1. The summed E-state index contributed by atoms with van der Waals surface area (Å²) in [6, 6.07) is 8.06. The van der Waals surface area contributed by atoms with Gasteiger partial charge in [0.05, 0.1) is 0 Å². The number of thiol groups is 2. The summed E-state index contributed by atoms with van der Waals surface area (Å²) in [5.41, 5.74) is 1.28. The van der Waals surface area contributed by atoms with E-state index in [-0.39, 0.29) is 0 Å². The lowest BCUT2D eigenvalue weighted by molar-refractivity contribution is 0.518. The summed E-state index contributed by atoms with van der Waals surface area (Å²) in [7, 11) is 0. The molecule has 1 aliphatic rings. The van der Waals surface area contributed by atoms with Crippen molar-refractivity contribution < 1.29 is 0 Å². The second kappa shape index (κ2) is 7.24. The molecule has 0 unspecified atom stereocenters. The molecule has 0 saturated heterocycles. The van der Waals surface area contributed by atoms with Gasteiger partial charge >= 0.3 is 0 Å². The molecule has 1 aliphatic carbocycles. The Labute approximate surface area is 104 Å². The summed E-state index contributed by atoms with van der Waals surface area (Å²) in [6.45, 7) is 2.06. The van der Waals surface area contributed by atoms with Crippen molar-refractivity contribution in [2.75, 3.05) is 0 Å². The van der Waals surface area contributed by atoms with E-state index in [1.165, 1.54) is 37.7 Å². The largest absolute Gasteiger partial charge is 0.176 e. The first-order valence-electron chi connectivity index (χ1n) is 5.62. The van der Waals surface area contributed by atoms with Crippen LogP contribution in [-0.2, 0) is 0 Å². The average Bonchev–Trinajstić information content (AvgIpc) is 2.25. The molecule has 0 spiro atoms. The van der Waals surface area contributed by atoms with E-state index >= 15 is 0 Å². The van der Waals surface area contributed by atoms with Gasteiger partial charge in [-0.3, -0.25) is 0 Å². The van der Waals surface area contributed by atoms with Crippen LogP contribution in [0, 0.1) is 6.92 Å². The first kappa shape index (κ1) is 13.0. The highest BCUT2D eigenvalue weighted by Gasteiger charge is 2.06. The summed E-state index contributed by atoms with van der Waals surface area (Å²) in [4.78, 5) is 1.02. The minimum absolute atomic E-state index is 0.730. The summed E-state index contributed by atoms with van der Waals surface area (Å²) < 4.78 is 0. The number of hydrogen-bond donors (Lipinski definition) is 2. The molecule has 0 radical (unpaired) electrons. The molecule has 0 bridgehead atoms. The van der Waals surface area contributed by atoms with Crippen LogP contribution >= 0.6 is 25.3 Å². The van der Waals surface area contributed by atoms with Crippen molar-refractivity contribution in [3.05, 3.63) is 29.8 Å². The molecule has 2 heteroatoms. The molecule has 0 aromatic heterocycles. The molecule has 1 aromatic carbocycles. The van der Waals surface area contributed by atoms with Crippen molar-refractivity contribution in [3.8, 4) is 0 Å². The fraction of sp³-hybridized carbons (Fsp3) is 0.538. The first-order chi connectivity index (χ1) is 7.18. The minimum Gasteiger partial charge on any atom is -0.176 e. The van der Waals surface area contributed by atoms with Crippen molar-refractivity contribution in [3.63, 3.8) is 0 Å². The molecule has 0 atom stereocenters. The standard InChI is InChI=1S/C7H8S.C6H12S/c1-6-2-4-7(8)5-3-6;7-6-4-2-1-3-5-6/h2-5,8H,1H3;6-7H,1-5H2. The van der Waals surface area contributed by atoms with Crippen molar-refractivity contribution in [2.45, 2.75) is 49.2 Å². The highest BCUT2D eigenvalue weighted by molar-refractivity contribution is 7.81. The zero-order valence-electron chi connectivity index (χ0n) is 9.32. The maximum atomic E-state index is 4.36. The molecule has 1 aromatic rings. The van der Waals surface area contributed by atoms with Crippen LogP contribution in [-0.4, -0.2) is 5.25 Å². The Bertz CT molecular complexity index is 239. The molecule has 0 nitrogen and oxygen atoms in total. The van der Waals surface area contributed by atoms with E-state index in [2.05, 4.69) is 32.2 Å². The molecular formula is C13H20S2. The summed E-state index contributed by atoms with van der Waals surface area (Å²) in [6.07, 6.45) is 6.96. The Morgan fingerprint density at radius 1 is 1.00 bits per heavy atom. The number of rotatable bonds is 0. The number of hydrogen-bond acceptors (Lipinski definition) is 2. The van der Waals surface area contributed by atoms with Gasteiger partial charge < -0.3 is 0 Å². The lowest BCUT2D eigenvalue weighted by atomic mass is 10.0. The third-order valence-corrected chi connectivity index (χ3v) is 3.42. The fourth-order valence-corrected chi connectivity index (χ4v) is 2.14. The van der Waals surface area contributed by atoms with E-state index < -0.39 is 0 Å². The Morgan fingerprint density at radius 2 is 1.53 bits per heavy atom. The van der Waals surface area contributed by atoms with Gasteiger partial charge in [0.25, 0.3) is 0 Å². The van der Waals surface area contributed by atoms with Crippen LogP contribution < -0.4 is 0 Å². The van der Waals surface area contributed by atoms with Crippen molar-refractivity contribution in [1.82, 2.24) is 0 Å². The van der Waals surface area contributed by atoms with Gasteiger partial charge in [-0.25, -0.2) is 0 Å². The molecule has 2 rings (SSSR count). The van der Waals surface area contributed by atoms with Gasteiger partial charge in [-0.1, -0.05) is 37.0 Å². The quantitative estimate of drug-likeness (QED) is 0.612. The van der Waals surface area contributed by atoms with Gasteiger partial charge in [0.15, 0.2) is 0 Å². The monoisotopic (exact) mass is 240 g/mol. The van der Waals surface area contributed by atoms with E-state index in [1.807, 2.05) is 24.3 Å². The first-order valence-corrected chi connectivity index (χ1v) is 6.58. The minimum atomic E-state index is 0.730. The van der Waals surface area contributed by atoms with E-state index in [0.717, 1.165) is 10.1 Å². The zero-order valence-corrected chi connectivity index (χ0v) is 11.1. The second-order valence-electron chi connectivity index (χ2n) is 4.13. The maximum Gasteiger partial charge on any atom is 0.00401 e. The van der Waals surface area contributed by atoms with Gasteiger partial charge in [0, 0.05) is 10.1 Å². The van der Waals surface area contributed by atoms with Crippen LogP contribution in [0.1, 0.15) is 37.7 Å². The van der Waals surface area contributed by atoms with Crippen LogP contribution in [0.4, 0.5) is 0 Å². The predicted molar refractivity (Wildman–Crippen MR) is 74.3 cm³/mol. The molecule has 1 fully saturated rings. The lowest BCUT2D eigenvalue weighted by Crippen LogP contribution is -2.03. The molecule has 1 saturated carbocycles. The van der Waals surface area contributed by atoms with Crippen LogP contribution in [0.2, 0.25) is 0 Å². The summed E-state index contributed by atoms with van der Waals surface area (Å²) in [5.74, 6) is 0. The Balaban J connectivity index is 0.000000151. The molecule has 0 aliphatic heterocycles. The highest BCUT2D eigenvalue weighted by Crippen LogP contribution is 2.21. The Hall–Kier alpha value is -0.0800. The topological polar surface area (TPSA) is 0 Å². The molecular weight excluding hydrogens is 220 g/mol. The van der Waals surface area contributed by atoms with E-state index in [0.29, 0.717) is 0 Å². The van der Waals surface area contributed by atoms with Gasteiger partial charge in [-0.15, -0.1) is 12.6 Å². The van der Waals surface area contributed by atoms with Gasteiger partial charge in [-0.2, -0.15) is 12.6 Å². The predicted octanol–water partition coefficient (Wildman–Crippen LogP) is 4.53. The van der Waals surface area contributed by atoms with E-state index in [9.17, 15) is 0 Å². The molecule has 0 amide bonds. The van der Waals surface area contributed by atoms with E-state index in [1.54, 1.807) is 0 Å².